The van der Waals surface area contributed by atoms with Crippen molar-refractivity contribution in [3.8, 4) is 0 Å². The molecular formula is C24H28F3N3O. The fourth-order valence-corrected chi connectivity index (χ4v) is 4.86. The molecule has 1 saturated heterocycles. The molecule has 0 N–H and O–H groups in total. The summed E-state index contributed by atoms with van der Waals surface area (Å²) in [5, 5.41) is 2.94. The number of alkyl halides is 3. The largest absolute Gasteiger partial charge is 0.416 e. The number of nitroso groups, excluding NO2 is 1. The highest BCUT2D eigenvalue weighted by atomic mass is 19.4. The van der Waals surface area contributed by atoms with E-state index >= 15 is 0 Å². The van der Waals surface area contributed by atoms with Crippen molar-refractivity contribution in [3.05, 3.63) is 64.1 Å². The molecule has 7 heteroatoms. The number of piperidine rings is 1. The number of halogens is 3. The zero-order chi connectivity index (χ0) is 21.8. The molecule has 0 bridgehead atoms. The van der Waals surface area contributed by atoms with E-state index < -0.39 is 11.7 Å². The van der Waals surface area contributed by atoms with Crippen LogP contribution in [0.3, 0.4) is 0 Å². The molecule has 0 radical (unpaired) electrons. The van der Waals surface area contributed by atoms with Gasteiger partial charge in [0.05, 0.1) is 12.1 Å². The Morgan fingerprint density at radius 2 is 1.71 bits per heavy atom. The van der Waals surface area contributed by atoms with Gasteiger partial charge in [0, 0.05) is 30.9 Å². The highest BCUT2D eigenvalue weighted by Gasteiger charge is 2.33. The fourth-order valence-electron chi connectivity index (χ4n) is 4.86. The molecule has 0 amide bonds. The zero-order valence-electron chi connectivity index (χ0n) is 17.6. The monoisotopic (exact) mass is 431 g/mol. The van der Waals surface area contributed by atoms with E-state index in [2.05, 4.69) is 21.0 Å². The number of likely N-dealkylation sites (tertiary alicyclic amines) is 1. The summed E-state index contributed by atoms with van der Waals surface area (Å²) in [6.45, 7) is 3.77. The van der Waals surface area contributed by atoms with Gasteiger partial charge in [0.15, 0.2) is 0 Å². The van der Waals surface area contributed by atoms with Crippen molar-refractivity contribution in [2.24, 2.45) is 11.1 Å². The molecule has 0 spiro atoms. The molecule has 31 heavy (non-hydrogen) atoms. The fraction of sp³-hybridized carbons (Fsp3) is 0.500. The van der Waals surface area contributed by atoms with E-state index in [0.717, 1.165) is 62.1 Å². The quantitative estimate of drug-likeness (QED) is 0.504. The third kappa shape index (κ3) is 5.09. The van der Waals surface area contributed by atoms with Gasteiger partial charge < -0.3 is 9.80 Å². The Morgan fingerprint density at radius 1 is 0.968 bits per heavy atom. The lowest BCUT2D eigenvalue weighted by molar-refractivity contribution is -0.137. The summed E-state index contributed by atoms with van der Waals surface area (Å²) in [4.78, 5) is 14.7. The Morgan fingerprint density at radius 3 is 2.45 bits per heavy atom. The summed E-state index contributed by atoms with van der Waals surface area (Å²) < 4.78 is 40.0. The first-order chi connectivity index (χ1) is 15.0. The molecule has 0 aliphatic carbocycles. The smallest absolute Gasteiger partial charge is 0.341 e. The van der Waals surface area contributed by atoms with Gasteiger partial charge >= 0.3 is 6.18 Å². The third-order valence-electron chi connectivity index (χ3n) is 6.58. The highest BCUT2D eigenvalue weighted by molar-refractivity contribution is 5.74. The van der Waals surface area contributed by atoms with Crippen molar-refractivity contribution < 1.29 is 13.2 Å². The molecule has 0 atom stereocenters. The first-order valence-electron chi connectivity index (χ1n) is 11.0. The van der Waals surface area contributed by atoms with Gasteiger partial charge in [-0.3, -0.25) is 0 Å². The van der Waals surface area contributed by atoms with Crippen molar-refractivity contribution >= 4 is 11.4 Å². The number of anilines is 2. The van der Waals surface area contributed by atoms with Crippen molar-refractivity contribution in [3.63, 3.8) is 0 Å². The number of hydrogen-bond donors (Lipinski definition) is 0. The Balaban J connectivity index is 1.44. The maximum absolute atomic E-state index is 13.3. The molecule has 1 fully saturated rings. The number of nitrogens with zero attached hydrogens (tertiary/aromatic N) is 3. The number of para-hydroxylation sites is 1. The van der Waals surface area contributed by atoms with Crippen molar-refractivity contribution in [2.45, 2.75) is 38.3 Å². The molecule has 0 aromatic heterocycles. The van der Waals surface area contributed by atoms with Crippen LogP contribution in [0.25, 0.3) is 0 Å². The molecule has 4 nitrogen and oxygen atoms in total. The summed E-state index contributed by atoms with van der Waals surface area (Å²) in [5.74, 6) is 0.626. The van der Waals surface area contributed by atoms with Gasteiger partial charge in [-0.25, -0.2) is 0 Å². The van der Waals surface area contributed by atoms with Crippen LogP contribution in [0.4, 0.5) is 24.5 Å². The van der Waals surface area contributed by atoms with Crippen LogP contribution in [0.1, 0.15) is 42.4 Å². The van der Waals surface area contributed by atoms with Crippen LogP contribution in [0, 0.1) is 10.8 Å². The van der Waals surface area contributed by atoms with Crippen LogP contribution in [0.15, 0.2) is 47.6 Å². The van der Waals surface area contributed by atoms with Gasteiger partial charge in [-0.05, 0) is 74.0 Å². The molecule has 2 heterocycles. The number of benzene rings is 2. The second-order valence-electron chi connectivity index (χ2n) is 8.58. The molecule has 2 aliphatic heterocycles. The second kappa shape index (κ2) is 9.39. The van der Waals surface area contributed by atoms with Crippen molar-refractivity contribution in [2.75, 3.05) is 37.6 Å². The Kier molecular flexibility index (Phi) is 6.60. The normalized spacial score (nSPS) is 17.3. The van der Waals surface area contributed by atoms with Crippen LogP contribution >= 0.6 is 0 Å². The lowest BCUT2D eigenvalue weighted by atomic mass is 9.91. The van der Waals surface area contributed by atoms with E-state index in [-0.39, 0.29) is 0 Å². The van der Waals surface area contributed by atoms with Gasteiger partial charge in [0.25, 0.3) is 0 Å². The molecule has 2 aromatic carbocycles. The Labute approximate surface area is 181 Å². The number of fused-ring (bicyclic) bond motifs is 2. The average Bonchev–Trinajstić information content (AvgIpc) is 2.77. The minimum absolute atomic E-state index is 0.346. The molecule has 4 rings (SSSR count). The van der Waals surface area contributed by atoms with Crippen molar-refractivity contribution in [1.29, 1.82) is 0 Å². The van der Waals surface area contributed by atoms with Crippen LogP contribution in [-0.4, -0.2) is 37.6 Å². The summed E-state index contributed by atoms with van der Waals surface area (Å²) in [6, 6.07) is 12.1. The highest BCUT2D eigenvalue weighted by Crippen LogP contribution is 2.42. The molecule has 0 unspecified atom stereocenters. The number of hydrogen-bond acceptors (Lipinski definition) is 4. The van der Waals surface area contributed by atoms with Crippen LogP contribution in [0.2, 0.25) is 0 Å². The third-order valence-corrected chi connectivity index (χ3v) is 6.58. The van der Waals surface area contributed by atoms with Gasteiger partial charge in [-0.2, -0.15) is 18.1 Å². The molecule has 2 aromatic rings. The van der Waals surface area contributed by atoms with Crippen LogP contribution in [0.5, 0.6) is 0 Å². The maximum atomic E-state index is 13.3. The minimum Gasteiger partial charge on any atom is -0.341 e. The molecule has 0 saturated carbocycles. The summed E-state index contributed by atoms with van der Waals surface area (Å²) in [5.41, 5.74) is 3.22. The Bertz CT molecular complexity index is 907. The standard InChI is InChI=1S/C24H28F3N3O/c25-24(26,27)21-8-7-20-16-19-5-1-2-6-22(19)30(23(20)17-21)12-3-4-18-9-13-29(14-10-18)15-11-28-31/h1-2,5-8,17-18H,3-4,9-16H2. The molecular weight excluding hydrogens is 403 g/mol. The Hall–Kier alpha value is -2.41. The van der Waals surface area contributed by atoms with Crippen LogP contribution < -0.4 is 4.90 Å². The maximum Gasteiger partial charge on any atom is 0.416 e. The summed E-state index contributed by atoms with van der Waals surface area (Å²) in [7, 11) is 0. The van der Waals surface area contributed by atoms with E-state index in [9.17, 15) is 18.1 Å². The SMILES string of the molecule is O=NCCN1CCC(CCCN2c3ccccc3Cc3ccc(C(F)(F)F)cc32)CC1. The first kappa shape index (κ1) is 21.8. The van der Waals surface area contributed by atoms with E-state index in [1.165, 1.54) is 12.1 Å². The van der Waals surface area contributed by atoms with Gasteiger partial charge in [-0.15, -0.1) is 0 Å². The van der Waals surface area contributed by atoms with E-state index in [0.29, 0.717) is 31.1 Å². The minimum atomic E-state index is -4.34. The molecule has 166 valence electrons. The molecule has 2 aliphatic rings. The van der Waals surface area contributed by atoms with Gasteiger partial charge in [0.1, 0.15) is 0 Å². The van der Waals surface area contributed by atoms with Gasteiger partial charge in [-0.1, -0.05) is 29.4 Å². The van der Waals surface area contributed by atoms with E-state index in [1.54, 1.807) is 6.07 Å². The second-order valence-corrected chi connectivity index (χ2v) is 8.58. The van der Waals surface area contributed by atoms with Crippen molar-refractivity contribution in [1.82, 2.24) is 4.90 Å². The van der Waals surface area contributed by atoms with Gasteiger partial charge in [0.2, 0.25) is 0 Å². The van der Waals surface area contributed by atoms with Crippen LogP contribution in [-0.2, 0) is 12.6 Å². The van der Waals surface area contributed by atoms with E-state index in [4.69, 9.17) is 0 Å². The predicted molar refractivity (Wildman–Crippen MR) is 117 cm³/mol. The summed E-state index contributed by atoms with van der Waals surface area (Å²) in [6.07, 6.45) is 0.519. The average molecular weight is 432 g/mol. The zero-order valence-corrected chi connectivity index (χ0v) is 17.6. The topological polar surface area (TPSA) is 35.9 Å². The predicted octanol–water partition coefficient (Wildman–Crippen LogP) is 6.01. The lowest BCUT2D eigenvalue weighted by Crippen LogP contribution is -2.35. The number of rotatable bonds is 7. The van der Waals surface area contributed by atoms with E-state index in [1.807, 2.05) is 18.2 Å². The summed E-state index contributed by atoms with van der Waals surface area (Å²) >= 11 is 0. The first-order valence-corrected chi connectivity index (χ1v) is 11.0. The lowest BCUT2D eigenvalue weighted by Gasteiger charge is -2.35.